The molecule has 0 aromatic carbocycles. The molecule has 9 heteroatoms. The second-order valence-electron chi connectivity index (χ2n) is 5.21. The van der Waals surface area contributed by atoms with E-state index in [0.717, 1.165) is 6.54 Å². The van der Waals surface area contributed by atoms with Gasteiger partial charge in [-0.3, -0.25) is 4.79 Å². The minimum Gasteiger partial charge on any atom is -0.349 e. The first-order chi connectivity index (χ1) is 9.91. The summed E-state index contributed by atoms with van der Waals surface area (Å²) in [5.74, 6) is 0.266. The van der Waals surface area contributed by atoms with Crippen molar-refractivity contribution in [3.05, 3.63) is 12.2 Å². The molecule has 1 atom stereocenters. The molecule has 1 aromatic heterocycles. The predicted molar refractivity (Wildman–Crippen MR) is 76.7 cm³/mol. The fraction of sp³-hybridized carbons (Fsp3) is 0.750. The summed E-state index contributed by atoms with van der Waals surface area (Å²) in [5.41, 5.74) is 0. The Morgan fingerprint density at radius 1 is 1.52 bits per heavy atom. The maximum Gasteiger partial charge on any atom is 0.224 e. The van der Waals surface area contributed by atoms with E-state index in [9.17, 15) is 13.2 Å². The van der Waals surface area contributed by atoms with Crippen molar-refractivity contribution in [2.75, 3.05) is 19.3 Å². The molecule has 21 heavy (non-hydrogen) atoms. The van der Waals surface area contributed by atoms with Crippen molar-refractivity contribution in [3.8, 4) is 0 Å². The summed E-state index contributed by atoms with van der Waals surface area (Å²) >= 11 is 0. The summed E-state index contributed by atoms with van der Waals surface area (Å²) in [7, 11) is -3.23. The Kier molecular flexibility index (Phi) is 4.94. The summed E-state index contributed by atoms with van der Waals surface area (Å²) in [6, 6.07) is 0. The number of carbonyl (C=O) groups excluding carboxylic acids is 1. The fourth-order valence-electron chi connectivity index (χ4n) is 2.45. The molecule has 2 rings (SSSR count). The van der Waals surface area contributed by atoms with Gasteiger partial charge < -0.3 is 9.88 Å². The first-order valence-electron chi connectivity index (χ1n) is 7.01. The van der Waals surface area contributed by atoms with Crippen LogP contribution in [0.3, 0.4) is 0 Å². The van der Waals surface area contributed by atoms with Gasteiger partial charge in [-0.2, -0.15) is 0 Å². The number of nitrogens with one attached hydrogen (secondary N) is 1. The Morgan fingerprint density at radius 2 is 2.29 bits per heavy atom. The number of aromatic nitrogens is 3. The lowest BCUT2D eigenvalue weighted by Gasteiger charge is -2.30. The van der Waals surface area contributed by atoms with Crippen LogP contribution in [0.5, 0.6) is 0 Å². The summed E-state index contributed by atoms with van der Waals surface area (Å²) in [5, 5.41) is 10.6. The number of amides is 1. The SMILES string of the molecule is CCn1cnnc1CNC(=O)[C@@H]1CCCN(S(C)(=O)=O)C1. The van der Waals surface area contributed by atoms with Crippen molar-refractivity contribution in [2.45, 2.75) is 32.9 Å². The molecular weight excluding hydrogens is 294 g/mol. The molecule has 0 bridgehead atoms. The molecule has 0 radical (unpaired) electrons. The van der Waals surface area contributed by atoms with Crippen molar-refractivity contribution < 1.29 is 13.2 Å². The van der Waals surface area contributed by atoms with Crippen LogP contribution >= 0.6 is 0 Å². The number of hydrogen-bond donors (Lipinski definition) is 1. The lowest BCUT2D eigenvalue weighted by atomic mass is 9.99. The Hall–Kier alpha value is -1.48. The first-order valence-corrected chi connectivity index (χ1v) is 8.86. The highest BCUT2D eigenvalue weighted by atomic mass is 32.2. The highest BCUT2D eigenvalue weighted by Gasteiger charge is 2.30. The Balaban J connectivity index is 1.91. The molecule has 1 N–H and O–H groups in total. The lowest BCUT2D eigenvalue weighted by Crippen LogP contribution is -2.45. The van der Waals surface area contributed by atoms with Gasteiger partial charge in [0.15, 0.2) is 5.82 Å². The smallest absolute Gasteiger partial charge is 0.224 e. The summed E-state index contributed by atoms with van der Waals surface area (Å²) in [4.78, 5) is 12.2. The summed E-state index contributed by atoms with van der Waals surface area (Å²) in [6.45, 7) is 3.77. The molecular formula is C12H21N5O3S. The molecule has 118 valence electrons. The highest BCUT2D eigenvalue weighted by molar-refractivity contribution is 7.88. The molecule has 0 unspecified atom stereocenters. The van der Waals surface area contributed by atoms with Crippen LogP contribution in [0.4, 0.5) is 0 Å². The van der Waals surface area contributed by atoms with Gasteiger partial charge in [0.05, 0.1) is 18.7 Å². The van der Waals surface area contributed by atoms with E-state index in [2.05, 4.69) is 15.5 Å². The normalized spacial score (nSPS) is 20.4. The van der Waals surface area contributed by atoms with Crippen molar-refractivity contribution in [3.63, 3.8) is 0 Å². The van der Waals surface area contributed by atoms with Gasteiger partial charge in [-0.1, -0.05) is 0 Å². The Bertz CT molecular complexity index is 598. The van der Waals surface area contributed by atoms with E-state index < -0.39 is 10.0 Å². The molecule has 1 amide bonds. The third kappa shape index (κ3) is 4.01. The molecule has 0 aliphatic carbocycles. The standard InChI is InChI=1S/C12H21N5O3S/c1-3-16-9-14-15-11(16)7-13-12(18)10-5-4-6-17(8-10)21(2,19)20/h9-10H,3-8H2,1-2H3,(H,13,18)/t10-/m1/s1. The Labute approximate surface area is 124 Å². The largest absolute Gasteiger partial charge is 0.349 e. The molecule has 8 nitrogen and oxygen atoms in total. The quantitative estimate of drug-likeness (QED) is 0.796. The first kappa shape index (κ1) is 15.9. The molecule has 0 saturated carbocycles. The second-order valence-corrected chi connectivity index (χ2v) is 7.19. The summed E-state index contributed by atoms with van der Waals surface area (Å²) in [6.07, 6.45) is 4.21. The Morgan fingerprint density at radius 3 is 2.95 bits per heavy atom. The van der Waals surface area contributed by atoms with E-state index >= 15 is 0 Å². The number of piperidine rings is 1. The third-order valence-corrected chi connectivity index (χ3v) is 4.95. The van der Waals surface area contributed by atoms with E-state index in [0.29, 0.717) is 31.8 Å². The van der Waals surface area contributed by atoms with Crippen molar-refractivity contribution in [1.82, 2.24) is 24.4 Å². The van der Waals surface area contributed by atoms with Gasteiger partial charge in [0.1, 0.15) is 6.33 Å². The topological polar surface area (TPSA) is 97.2 Å². The van der Waals surface area contributed by atoms with Gasteiger partial charge in [-0.15, -0.1) is 10.2 Å². The maximum absolute atomic E-state index is 12.2. The van der Waals surface area contributed by atoms with Crippen molar-refractivity contribution in [1.29, 1.82) is 0 Å². The number of rotatable bonds is 5. The van der Waals surface area contributed by atoms with Gasteiger partial charge >= 0.3 is 0 Å². The van der Waals surface area contributed by atoms with Crippen LogP contribution in [0.25, 0.3) is 0 Å². The molecule has 0 spiro atoms. The molecule has 1 aromatic rings. The van der Waals surface area contributed by atoms with Crippen molar-refractivity contribution in [2.24, 2.45) is 5.92 Å². The molecule has 1 aliphatic heterocycles. The zero-order chi connectivity index (χ0) is 15.5. The fourth-order valence-corrected chi connectivity index (χ4v) is 3.36. The van der Waals surface area contributed by atoms with Gasteiger partial charge in [-0.25, -0.2) is 12.7 Å². The van der Waals surface area contributed by atoms with Crippen LogP contribution < -0.4 is 5.32 Å². The zero-order valence-electron chi connectivity index (χ0n) is 12.3. The van der Waals surface area contributed by atoms with Gasteiger partial charge in [0, 0.05) is 19.6 Å². The van der Waals surface area contributed by atoms with Crippen LogP contribution in [-0.4, -0.2) is 52.7 Å². The van der Waals surface area contributed by atoms with Gasteiger partial charge in [-0.05, 0) is 19.8 Å². The number of carbonyl (C=O) groups is 1. The molecule has 1 fully saturated rings. The number of nitrogens with zero attached hydrogens (tertiary/aromatic N) is 4. The lowest BCUT2D eigenvalue weighted by molar-refractivity contribution is -0.126. The molecule has 1 aliphatic rings. The van der Waals surface area contributed by atoms with Gasteiger partial charge in [0.25, 0.3) is 0 Å². The monoisotopic (exact) mass is 315 g/mol. The van der Waals surface area contributed by atoms with Crippen LogP contribution in [-0.2, 0) is 27.9 Å². The average Bonchev–Trinajstić information content (AvgIpc) is 2.91. The minimum absolute atomic E-state index is 0.131. The molecule has 1 saturated heterocycles. The predicted octanol–water partition coefficient (Wildman–Crippen LogP) is -0.414. The second kappa shape index (κ2) is 6.52. The molecule has 2 heterocycles. The summed E-state index contributed by atoms with van der Waals surface area (Å²) < 4.78 is 26.3. The third-order valence-electron chi connectivity index (χ3n) is 3.68. The van der Waals surface area contributed by atoms with E-state index in [4.69, 9.17) is 0 Å². The van der Waals surface area contributed by atoms with Crippen LogP contribution in [0.1, 0.15) is 25.6 Å². The minimum atomic E-state index is -3.23. The van der Waals surface area contributed by atoms with E-state index in [-0.39, 0.29) is 18.4 Å². The van der Waals surface area contributed by atoms with E-state index in [1.807, 2.05) is 11.5 Å². The zero-order valence-corrected chi connectivity index (χ0v) is 13.1. The van der Waals surface area contributed by atoms with Crippen LogP contribution in [0, 0.1) is 5.92 Å². The average molecular weight is 315 g/mol. The van der Waals surface area contributed by atoms with Crippen molar-refractivity contribution >= 4 is 15.9 Å². The maximum atomic E-state index is 12.2. The number of aryl methyl sites for hydroxylation is 1. The van der Waals surface area contributed by atoms with E-state index in [1.165, 1.54) is 10.6 Å². The number of hydrogen-bond acceptors (Lipinski definition) is 5. The highest BCUT2D eigenvalue weighted by Crippen LogP contribution is 2.18. The number of sulfonamides is 1. The van der Waals surface area contributed by atoms with Crippen LogP contribution in [0.15, 0.2) is 6.33 Å². The van der Waals surface area contributed by atoms with E-state index in [1.54, 1.807) is 6.33 Å². The van der Waals surface area contributed by atoms with Gasteiger partial charge in [0.2, 0.25) is 15.9 Å². The van der Waals surface area contributed by atoms with Crippen LogP contribution in [0.2, 0.25) is 0 Å².